The van der Waals surface area contributed by atoms with Gasteiger partial charge in [0.2, 0.25) is 53.2 Å². The molecule has 0 spiro atoms. The lowest BCUT2D eigenvalue weighted by molar-refractivity contribution is -0.151. The molecule has 2 fully saturated rings. The van der Waals surface area contributed by atoms with Crippen molar-refractivity contribution in [2.24, 2.45) is 0 Å². The highest BCUT2D eigenvalue weighted by Crippen LogP contribution is 2.25. The van der Waals surface area contributed by atoms with Crippen LogP contribution in [0.4, 0.5) is 0 Å². The summed E-state index contributed by atoms with van der Waals surface area (Å²) < 4.78 is 25.7. The Morgan fingerprint density at radius 2 is 1.04 bits per heavy atom. The summed E-state index contributed by atoms with van der Waals surface area (Å²) in [6.45, 7) is 2.04. The number of amides is 11. The monoisotopic (exact) mass is 1630 g/mol. The number of aliphatic hydroxyl groups is 3. The third-order valence-electron chi connectivity index (χ3n) is 19.1. The molecule has 0 bridgehead atoms. The SMILES string of the molecule is C[C@@H]1NC(=O)C(C(=O)N2CCC[C@H]2C(=O)O)NC(=O)C(Cc2cccc(Cl)c2)NC(=O)[C@H]([C@@H](C)O)NC(=O)[C@H](Cc2ccc(Cl)cc2)N(C)C(=O)[C@H](Cc2cccc(Cl)c2)NC(=O)[C@H](Cc2c[nH]c3ccccc23)NC(=O)[C@H]([C@@H](C)O)NC(=O)[C@H](CO)N(C)C(Cc2cccc(Cl)c2)NC(=O)[C@H](CCS(C)(=O)=O)NC1=O. The van der Waals surface area contributed by atoms with Crippen LogP contribution in [0, 0.1) is 0 Å². The Morgan fingerprint density at radius 1 is 0.532 bits per heavy atom. The van der Waals surface area contributed by atoms with Crippen molar-refractivity contribution in [1.29, 1.82) is 0 Å². The Kier molecular flexibility index (Phi) is 30.8. The zero-order valence-electron chi connectivity index (χ0n) is 61.3. The van der Waals surface area contributed by atoms with Gasteiger partial charge in [-0.3, -0.25) is 57.6 Å². The summed E-state index contributed by atoms with van der Waals surface area (Å²) in [5.41, 5.74) is 2.48. The third-order valence-corrected chi connectivity index (χ3v) is 21.0. The van der Waals surface area contributed by atoms with Crippen LogP contribution in [0.25, 0.3) is 10.9 Å². The highest BCUT2D eigenvalue weighted by Gasteiger charge is 2.45. The predicted octanol–water partition coefficient (Wildman–Crippen LogP) is 1.04. The molecule has 6 aromatic rings. The molecule has 0 saturated carbocycles. The van der Waals surface area contributed by atoms with Gasteiger partial charge in [0.15, 0.2) is 6.04 Å². The van der Waals surface area contributed by atoms with E-state index >= 15 is 28.8 Å². The summed E-state index contributed by atoms with van der Waals surface area (Å²) in [4.78, 5) is 184. The molecular formula is C75H89Cl4N13O18S. The molecule has 0 aliphatic carbocycles. The van der Waals surface area contributed by atoms with Crippen LogP contribution in [0.3, 0.4) is 0 Å². The number of nitrogens with zero attached hydrogens (tertiary/aromatic N) is 3. The number of aromatic nitrogens is 1. The van der Waals surface area contributed by atoms with E-state index in [9.17, 15) is 57.6 Å². The molecule has 5 aromatic carbocycles. The molecule has 3 heterocycles. The number of para-hydroxylation sites is 1. The maximum absolute atomic E-state index is 15.7. The number of carbonyl (C=O) groups is 12. The number of halogens is 4. The van der Waals surface area contributed by atoms with Crippen LogP contribution in [-0.4, -0.2) is 244 Å². The number of carboxylic acids is 1. The van der Waals surface area contributed by atoms with Crippen molar-refractivity contribution in [2.45, 2.75) is 157 Å². The van der Waals surface area contributed by atoms with E-state index in [2.05, 4.69) is 52.8 Å². The molecule has 31 nitrogen and oxygen atoms in total. The summed E-state index contributed by atoms with van der Waals surface area (Å²) in [5, 5.41) is 68.5. The van der Waals surface area contributed by atoms with Gasteiger partial charge in [-0.25, -0.2) is 13.2 Å². The molecule has 596 valence electrons. The van der Waals surface area contributed by atoms with Gasteiger partial charge in [-0.05, 0) is 129 Å². The Hall–Kier alpha value is -9.77. The van der Waals surface area contributed by atoms with Crippen LogP contribution in [0.15, 0.2) is 128 Å². The lowest BCUT2D eigenvalue weighted by Gasteiger charge is -2.36. The molecule has 3 unspecified atom stereocenters. The van der Waals surface area contributed by atoms with Gasteiger partial charge in [0, 0.05) is 89.1 Å². The first-order chi connectivity index (χ1) is 52.5. The number of H-pyrrole nitrogens is 1. The summed E-state index contributed by atoms with van der Waals surface area (Å²) >= 11 is 25.7. The topological polar surface area (TPSA) is 454 Å². The molecule has 36 heteroatoms. The number of nitrogens with one attached hydrogen (secondary N) is 10. The number of carboxylic acid groups (broad SMARTS) is 1. The zero-order chi connectivity index (χ0) is 81.3. The normalized spacial score (nSPS) is 24.6. The van der Waals surface area contributed by atoms with Gasteiger partial charge >= 0.3 is 5.97 Å². The number of rotatable bonds is 18. The van der Waals surface area contributed by atoms with Crippen molar-refractivity contribution < 1.29 is 86.4 Å². The number of carbonyl (C=O) groups excluding carboxylic acids is 11. The number of aliphatic hydroxyl groups excluding tert-OH is 3. The average molecular weight is 1630 g/mol. The van der Waals surface area contributed by atoms with Crippen LogP contribution in [-0.2, 0) is 99.5 Å². The second-order valence-electron chi connectivity index (χ2n) is 27.6. The van der Waals surface area contributed by atoms with E-state index in [4.69, 9.17) is 46.4 Å². The molecule has 11 amide bonds. The molecule has 8 rings (SSSR count). The minimum absolute atomic E-state index is 0.0943. The summed E-state index contributed by atoms with van der Waals surface area (Å²) in [6.07, 6.45) is -5.06. The van der Waals surface area contributed by atoms with Gasteiger partial charge in [-0.1, -0.05) is 113 Å². The van der Waals surface area contributed by atoms with Crippen LogP contribution >= 0.6 is 46.4 Å². The number of hydrogen-bond acceptors (Lipinski definition) is 18. The van der Waals surface area contributed by atoms with E-state index in [0.29, 0.717) is 33.2 Å². The summed E-state index contributed by atoms with van der Waals surface area (Å²) in [5.74, 6) is -15.3. The van der Waals surface area contributed by atoms with Crippen LogP contribution in [0.1, 0.15) is 67.9 Å². The van der Waals surface area contributed by atoms with Crippen molar-refractivity contribution in [3.05, 3.63) is 175 Å². The molecule has 14 atom stereocenters. The van der Waals surface area contributed by atoms with E-state index in [1.807, 2.05) is 0 Å². The van der Waals surface area contributed by atoms with E-state index in [1.165, 1.54) is 68.7 Å². The first kappa shape index (κ1) is 86.8. The smallest absolute Gasteiger partial charge is 0.326 e. The first-order valence-corrected chi connectivity index (χ1v) is 39.0. The highest BCUT2D eigenvalue weighted by atomic mass is 35.5. The van der Waals surface area contributed by atoms with Gasteiger partial charge in [0.25, 0.3) is 11.8 Å². The highest BCUT2D eigenvalue weighted by molar-refractivity contribution is 7.90. The molecule has 2 aliphatic rings. The fourth-order valence-corrected chi connectivity index (χ4v) is 14.4. The predicted molar refractivity (Wildman–Crippen MR) is 411 cm³/mol. The van der Waals surface area contributed by atoms with E-state index < -0.39 is 191 Å². The van der Waals surface area contributed by atoms with Gasteiger partial charge in [0.1, 0.15) is 70.3 Å². The second kappa shape index (κ2) is 39.4. The molecular weight excluding hydrogens is 1540 g/mol. The van der Waals surface area contributed by atoms with E-state index in [-0.39, 0.29) is 70.7 Å². The number of aliphatic carboxylic acids is 1. The van der Waals surface area contributed by atoms with Crippen molar-refractivity contribution in [3.63, 3.8) is 0 Å². The Labute approximate surface area is 659 Å². The van der Waals surface area contributed by atoms with Gasteiger partial charge in [-0.2, -0.15) is 0 Å². The van der Waals surface area contributed by atoms with Crippen LogP contribution in [0.2, 0.25) is 20.1 Å². The zero-order valence-corrected chi connectivity index (χ0v) is 65.1. The number of hydrogen-bond donors (Lipinski definition) is 14. The fraction of sp³-hybridized carbons (Fsp3) is 0.413. The minimum Gasteiger partial charge on any atom is -0.480 e. The van der Waals surface area contributed by atoms with Crippen LogP contribution < -0.4 is 47.9 Å². The van der Waals surface area contributed by atoms with E-state index in [0.717, 1.165) is 41.7 Å². The molecule has 0 radical (unpaired) electrons. The molecule has 14 N–H and O–H groups in total. The number of likely N-dealkylation sites (tertiary alicyclic amines) is 1. The average Bonchev–Trinajstić information content (AvgIpc) is 1.77. The standard InChI is InChI=1S/C75H89Cl4N13O18S/c1-39-64(96)82-53(26-28-111(6,109)110)65(97)86-60(35-45-15-11-18-50(79)31-45)90(4)59(38-93)69(101)88-62(41(3)95)71(103)84-55(36-46-37-80-52-20-8-7-19-51(46)52)66(98)85-56(33-44-14-10-17-49(78)30-44)73(105)91(5)58(34-42-22-24-47(76)25-23-42)68(100)87-61(40(2)94)70(102)83-54(32-43-13-9-16-48(77)29-43)67(99)89-63(72(104)81-39)74(106)92-27-12-21-57(92)75(107)108/h7-11,13-20,22-25,29-31,37,39-41,53-63,80,93-95H,12,21,26-28,32-36,38H2,1-6H3,(H,81,104)(H,82,96)(H,83,102)(H,84,103)(H,85,98)(H,86,97)(H,87,100)(H,88,101)(H,89,99)(H,107,108)/t39-,40+,41+,53-,54?,55-,56-,57-,58-,59-,60?,61-,62-,63?/m0/s1. The molecule has 2 saturated heterocycles. The van der Waals surface area contributed by atoms with Gasteiger partial charge in [-0.15, -0.1) is 0 Å². The van der Waals surface area contributed by atoms with Crippen molar-refractivity contribution >= 4 is 138 Å². The van der Waals surface area contributed by atoms with Crippen molar-refractivity contribution in [1.82, 2.24) is 67.5 Å². The quantitative estimate of drug-likeness (QED) is 0.0535. The summed E-state index contributed by atoms with van der Waals surface area (Å²) in [7, 11) is -1.45. The number of likely N-dealkylation sites (N-methyl/N-ethyl adjacent to an activating group) is 2. The van der Waals surface area contributed by atoms with Crippen molar-refractivity contribution in [2.75, 3.05) is 39.3 Å². The fourth-order valence-electron chi connectivity index (χ4n) is 12.9. The Bertz CT molecular complexity index is 4540. The number of benzene rings is 5. The maximum Gasteiger partial charge on any atom is 0.326 e. The lowest BCUT2D eigenvalue weighted by atomic mass is 9.99. The molecule has 111 heavy (non-hydrogen) atoms. The molecule has 1 aromatic heterocycles. The maximum atomic E-state index is 15.7. The van der Waals surface area contributed by atoms with Gasteiger partial charge < -0.3 is 83.1 Å². The lowest BCUT2D eigenvalue weighted by Crippen LogP contribution is -2.65. The first-order valence-electron chi connectivity index (χ1n) is 35.4. The van der Waals surface area contributed by atoms with Crippen LogP contribution in [0.5, 0.6) is 0 Å². The van der Waals surface area contributed by atoms with E-state index in [1.54, 1.807) is 72.9 Å². The molecule has 2 aliphatic heterocycles. The number of fused-ring (bicyclic) bond motifs is 1. The third kappa shape index (κ3) is 24.1. The van der Waals surface area contributed by atoms with Crippen molar-refractivity contribution in [3.8, 4) is 0 Å². The Morgan fingerprint density at radius 3 is 1.58 bits per heavy atom. The minimum atomic E-state index is -3.95. The second-order valence-corrected chi connectivity index (χ2v) is 31.6. The summed E-state index contributed by atoms with van der Waals surface area (Å²) in [6, 6.07) is 11.1. The number of sulfone groups is 1. The largest absolute Gasteiger partial charge is 0.480 e. The van der Waals surface area contributed by atoms with Gasteiger partial charge in [0.05, 0.1) is 30.7 Å². The Balaban J connectivity index is 1.27. The number of aromatic amines is 1.